The fourth-order valence-electron chi connectivity index (χ4n) is 4.84. The Morgan fingerprint density at radius 2 is 1.69 bits per heavy atom. The van der Waals surface area contributed by atoms with Gasteiger partial charge < -0.3 is 5.11 Å². The Labute approximate surface area is 187 Å². The van der Waals surface area contributed by atoms with Gasteiger partial charge in [-0.2, -0.15) is 18.3 Å². The Morgan fingerprint density at radius 3 is 2.25 bits per heavy atom. The summed E-state index contributed by atoms with van der Waals surface area (Å²) in [5, 5.41) is 13.4. The van der Waals surface area contributed by atoms with Gasteiger partial charge in [0, 0.05) is 11.3 Å². The smallest absolute Gasteiger partial charge is 0.435 e. The van der Waals surface area contributed by atoms with E-state index >= 15 is 0 Å². The lowest BCUT2D eigenvalue weighted by Gasteiger charge is -2.29. The number of carbonyl (C=O) groups is 1. The second-order valence-electron chi connectivity index (χ2n) is 10.4. The van der Waals surface area contributed by atoms with Crippen molar-refractivity contribution in [2.75, 3.05) is 0 Å². The minimum Gasteiger partial charge on any atom is -0.481 e. The molecular weight excluding hydrogens is 417 g/mol. The molecule has 176 valence electrons. The molecule has 4 nitrogen and oxygen atoms in total. The molecule has 0 saturated heterocycles. The molecule has 0 amide bonds. The molecule has 1 heterocycles. The average Bonchev–Trinajstić information content (AvgIpc) is 3.09. The fraction of sp³-hybridized carbons (Fsp3) is 0.600. The molecule has 32 heavy (non-hydrogen) atoms. The van der Waals surface area contributed by atoms with Crippen molar-refractivity contribution >= 4 is 5.97 Å². The van der Waals surface area contributed by atoms with Crippen LogP contribution in [0.5, 0.6) is 0 Å². The molecule has 7 heteroatoms. The summed E-state index contributed by atoms with van der Waals surface area (Å²) >= 11 is 0. The number of rotatable bonds is 7. The number of carboxylic acid groups (broad SMARTS) is 1. The summed E-state index contributed by atoms with van der Waals surface area (Å²) in [6, 6.07) is 7.96. The summed E-state index contributed by atoms with van der Waals surface area (Å²) in [6.07, 6.45) is -0.673. The first-order valence-electron chi connectivity index (χ1n) is 11.2. The van der Waals surface area contributed by atoms with E-state index in [2.05, 4.69) is 5.10 Å². The summed E-state index contributed by atoms with van der Waals surface area (Å²) in [7, 11) is 0. The van der Waals surface area contributed by atoms with Crippen LogP contribution in [0.3, 0.4) is 0 Å². The first-order valence-corrected chi connectivity index (χ1v) is 11.2. The first kappa shape index (κ1) is 24.3. The number of hydrogen-bond donors (Lipinski definition) is 1. The van der Waals surface area contributed by atoms with Gasteiger partial charge in [-0.3, -0.25) is 9.48 Å². The molecule has 1 aromatic heterocycles. The van der Waals surface area contributed by atoms with E-state index in [1.807, 2.05) is 45.0 Å². The minimum absolute atomic E-state index is 0.0793. The Kier molecular flexibility index (Phi) is 6.51. The molecule has 0 bridgehead atoms. The van der Waals surface area contributed by atoms with Gasteiger partial charge in [-0.25, -0.2) is 0 Å². The van der Waals surface area contributed by atoms with Crippen molar-refractivity contribution in [2.24, 2.45) is 5.41 Å². The van der Waals surface area contributed by atoms with E-state index in [1.54, 1.807) is 18.5 Å². The predicted molar refractivity (Wildman–Crippen MR) is 118 cm³/mol. The number of nitrogens with zero attached hydrogens (tertiary/aromatic N) is 2. The Bertz CT molecular complexity index is 972. The van der Waals surface area contributed by atoms with Gasteiger partial charge in [0.1, 0.15) is 0 Å². The maximum absolute atomic E-state index is 13.6. The highest BCUT2D eigenvalue weighted by atomic mass is 19.4. The van der Waals surface area contributed by atoms with Crippen LogP contribution in [0, 0.1) is 5.41 Å². The molecule has 1 aromatic carbocycles. The second kappa shape index (κ2) is 8.56. The predicted octanol–water partition coefficient (Wildman–Crippen LogP) is 6.36. The molecule has 1 atom stereocenters. The summed E-state index contributed by atoms with van der Waals surface area (Å²) in [5.74, 6) is -0.737. The van der Waals surface area contributed by atoms with Crippen molar-refractivity contribution in [3.63, 3.8) is 0 Å². The third-order valence-corrected chi connectivity index (χ3v) is 6.60. The zero-order chi connectivity index (χ0) is 23.9. The molecule has 2 aromatic rings. The Hall–Kier alpha value is -2.31. The summed E-state index contributed by atoms with van der Waals surface area (Å²) in [6.45, 7) is 9.33. The quantitative estimate of drug-likeness (QED) is 0.534. The molecule has 0 aliphatic heterocycles. The Balaban J connectivity index is 1.82. The van der Waals surface area contributed by atoms with E-state index in [-0.39, 0.29) is 5.92 Å². The summed E-state index contributed by atoms with van der Waals surface area (Å²) in [4.78, 5) is 11.4. The maximum Gasteiger partial charge on any atom is 0.435 e. The van der Waals surface area contributed by atoms with Crippen molar-refractivity contribution in [2.45, 2.75) is 90.8 Å². The zero-order valence-corrected chi connectivity index (χ0v) is 19.5. The van der Waals surface area contributed by atoms with E-state index in [9.17, 15) is 23.1 Å². The molecule has 0 spiro atoms. The first-order chi connectivity index (χ1) is 14.7. The van der Waals surface area contributed by atoms with Crippen LogP contribution < -0.4 is 0 Å². The largest absolute Gasteiger partial charge is 0.481 e. The van der Waals surface area contributed by atoms with Gasteiger partial charge in [0.15, 0.2) is 5.69 Å². The van der Waals surface area contributed by atoms with Gasteiger partial charge >= 0.3 is 12.1 Å². The molecule has 1 aliphatic rings. The van der Waals surface area contributed by atoms with Crippen LogP contribution in [-0.2, 0) is 35.8 Å². The third-order valence-electron chi connectivity index (χ3n) is 6.60. The highest BCUT2D eigenvalue weighted by Gasteiger charge is 2.41. The molecule has 1 N–H and O–H groups in total. The van der Waals surface area contributed by atoms with Crippen LogP contribution in [-0.4, -0.2) is 20.9 Å². The highest BCUT2D eigenvalue weighted by molar-refractivity contribution is 5.73. The minimum atomic E-state index is -4.44. The number of hydrogen-bond acceptors (Lipinski definition) is 2. The van der Waals surface area contributed by atoms with E-state index in [0.29, 0.717) is 31.2 Å². The lowest BCUT2D eigenvalue weighted by Crippen LogP contribution is -2.32. The van der Waals surface area contributed by atoms with Crippen LogP contribution in [0.1, 0.15) is 87.9 Å². The van der Waals surface area contributed by atoms with Crippen molar-refractivity contribution in [1.82, 2.24) is 9.78 Å². The van der Waals surface area contributed by atoms with Gasteiger partial charge in [0.2, 0.25) is 0 Å². The van der Waals surface area contributed by atoms with Gasteiger partial charge in [0.25, 0.3) is 0 Å². The molecule has 1 unspecified atom stereocenters. The van der Waals surface area contributed by atoms with Crippen LogP contribution in [0.25, 0.3) is 0 Å². The second-order valence-corrected chi connectivity index (χ2v) is 10.4. The van der Waals surface area contributed by atoms with Crippen molar-refractivity contribution < 1.29 is 23.1 Å². The van der Waals surface area contributed by atoms with Crippen molar-refractivity contribution in [3.8, 4) is 0 Å². The van der Waals surface area contributed by atoms with E-state index in [4.69, 9.17) is 0 Å². The highest BCUT2D eigenvalue weighted by Crippen LogP contribution is 2.38. The lowest BCUT2D eigenvalue weighted by molar-refractivity contribution is -0.147. The van der Waals surface area contributed by atoms with Crippen molar-refractivity contribution in [3.05, 3.63) is 52.3 Å². The third kappa shape index (κ3) is 5.02. The maximum atomic E-state index is 13.6. The lowest BCUT2D eigenvalue weighted by atomic mass is 9.80. The number of fused-ring (bicyclic) bond motifs is 1. The summed E-state index contributed by atoms with van der Waals surface area (Å²) in [5.41, 5.74) is 0.995. The monoisotopic (exact) mass is 450 g/mol. The molecule has 0 fully saturated rings. The fourth-order valence-corrected chi connectivity index (χ4v) is 4.84. The number of aromatic nitrogens is 2. The molecule has 1 aliphatic carbocycles. The molecular formula is C25H33F3N2O2. The number of carboxylic acids is 1. The normalized spacial score (nSPS) is 16.0. The van der Waals surface area contributed by atoms with Crippen LogP contribution >= 0.6 is 0 Å². The van der Waals surface area contributed by atoms with E-state index in [0.717, 1.165) is 29.7 Å². The van der Waals surface area contributed by atoms with Crippen LogP contribution in [0.15, 0.2) is 24.3 Å². The average molecular weight is 451 g/mol. The molecule has 0 saturated carbocycles. The van der Waals surface area contributed by atoms with Crippen LogP contribution in [0.4, 0.5) is 13.2 Å². The van der Waals surface area contributed by atoms with Crippen molar-refractivity contribution in [1.29, 1.82) is 0 Å². The number of halogens is 3. The van der Waals surface area contributed by atoms with Gasteiger partial charge in [-0.15, -0.1) is 0 Å². The number of benzene rings is 1. The standard InChI is InChI=1S/C25H33F3N2O2/c1-16(14-23(2,3)22(31)32)18-12-10-17(11-13-18)15-24(4,5)30-20-9-7-6-8-19(20)21(29-30)25(26,27)28/h10-13,16H,6-9,14-15H2,1-5H3,(H,31,32). The topological polar surface area (TPSA) is 55.1 Å². The molecule has 3 rings (SSSR count). The van der Waals surface area contributed by atoms with Gasteiger partial charge in [0.05, 0.1) is 11.0 Å². The Morgan fingerprint density at radius 1 is 1.09 bits per heavy atom. The van der Waals surface area contributed by atoms with E-state index in [1.165, 1.54) is 0 Å². The number of aliphatic carboxylic acids is 1. The van der Waals surface area contributed by atoms with E-state index < -0.39 is 28.8 Å². The van der Waals surface area contributed by atoms with Gasteiger partial charge in [-0.1, -0.05) is 31.2 Å². The number of alkyl halides is 3. The van der Waals surface area contributed by atoms with Crippen LogP contribution in [0.2, 0.25) is 0 Å². The molecule has 0 radical (unpaired) electrons. The SMILES string of the molecule is CC(CC(C)(C)C(=O)O)c1ccc(CC(C)(C)n2nc(C(F)(F)F)c3c2CCCC3)cc1. The summed E-state index contributed by atoms with van der Waals surface area (Å²) < 4.78 is 42.3. The van der Waals surface area contributed by atoms with Gasteiger partial charge in [-0.05, 0) is 83.3 Å². The zero-order valence-electron chi connectivity index (χ0n) is 19.5.